The van der Waals surface area contributed by atoms with Crippen LogP contribution in [0.5, 0.6) is 0 Å². The van der Waals surface area contributed by atoms with E-state index >= 15 is 0 Å². The number of benzene rings is 2. The van der Waals surface area contributed by atoms with Crippen LogP contribution >= 0.6 is 0 Å². The number of H-pyrrole nitrogens is 1. The van der Waals surface area contributed by atoms with E-state index in [4.69, 9.17) is 0 Å². The van der Waals surface area contributed by atoms with Gasteiger partial charge in [0.2, 0.25) is 0 Å². The van der Waals surface area contributed by atoms with Crippen molar-refractivity contribution in [3.8, 4) is 11.8 Å². The van der Waals surface area contributed by atoms with Crippen LogP contribution in [0.4, 0.5) is 0 Å². The molecule has 0 aliphatic carbocycles. The first-order valence-electron chi connectivity index (χ1n) is 10.3. The van der Waals surface area contributed by atoms with Gasteiger partial charge in [-0.2, -0.15) is 5.26 Å². The van der Waals surface area contributed by atoms with E-state index in [9.17, 15) is 5.26 Å². The van der Waals surface area contributed by atoms with Gasteiger partial charge in [0.15, 0.2) is 0 Å². The number of aromatic nitrogens is 3. The average Bonchev–Trinajstić information content (AvgIpc) is 3.26. The first-order valence-corrected chi connectivity index (χ1v) is 10.3. The maximum atomic E-state index is 9.83. The van der Waals surface area contributed by atoms with Gasteiger partial charge in [-0.25, -0.2) is 4.98 Å². The molecule has 4 aromatic rings. The van der Waals surface area contributed by atoms with E-state index in [0.29, 0.717) is 11.4 Å². The lowest BCUT2D eigenvalue weighted by atomic mass is 10.1. The van der Waals surface area contributed by atoms with Gasteiger partial charge in [-0.15, -0.1) is 0 Å². The lowest BCUT2D eigenvalue weighted by Crippen LogP contribution is -1.99. The molecule has 2 heterocycles. The molecule has 4 heteroatoms. The zero-order valence-electron chi connectivity index (χ0n) is 18.2. The van der Waals surface area contributed by atoms with Gasteiger partial charge >= 0.3 is 0 Å². The van der Waals surface area contributed by atoms with Crippen LogP contribution in [0, 0.1) is 39.0 Å². The number of fused-ring (bicyclic) bond motifs is 1. The summed E-state index contributed by atoms with van der Waals surface area (Å²) in [5.41, 5.74) is 10.5. The summed E-state index contributed by atoms with van der Waals surface area (Å²) in [4.78, 5) is 7.98. The number of nitrogens with zero attached hydrogens (tertiary/aromatic N) is 3. The first kappa shape index (κ1) is 19.7. The Labute approximate surface area is 177 Å². The maximum absolute atomic E-state index is 9.83. The standard InChI is InChI=1S/C26H26N4/c1-6-20-7-9-23(10-8-20)30-18(4)13-21(19(30)5)14-22(15-27)26-28-24-11-16(2)17(3)12-25(24)29-26/h7-14H,6H2,1-5H3,(H,28,29)/b22-14-. The number of imidazole rings is 1. The normalized spacial score (nSPS) is 11.8. The number of aromatic amines is 1. The third-order valence-corrected chi connectivity index (χ3v) is 5.85. The number of hydrogen-bond acceptors (Lipinski definition) is 2. The van der Waals surface area contributed by atoms with E-state index in [0.717, 1.165) is 40.1 Å². The molecule has 0 unspecified atom stereocenters. The molecule has 0 radical (unpaired) electrons. The molecule has 30 heavy (non-hydrogen) atoms. The maximum Gasteiger partial charge on any atom is 0.149 e. The van der Waals surface area contributed by atoms with Crippen LogP contribution in [0.25, 0.3) is 28.4 Å². The van der Waals surface area contributed by atoms with Gasteiger partial charge in [-0.05, 0) is 92.8 Å². The van der Waals surface area contributed by atoms with Crippen molar-refractivity contribution < 1.29 is 0 Å². The van der Waals surface area contributed by atoms with Gasteiger partial charge in [0, 0.05) is 17.1 Å². The average molecular weight is 395 g/mol. The number of rotatable bonds is 4. The van der Waals surface area contributed by atoms with Gasteiger partial charge < -0.3 is 9.55 Å². The number of nitrogens with one attached hydrogen (secondary N) is 1. The number of allylic oxidation sites excluding steroid dienone is 1. The van der Waals surface area contributed by atoms with E-state index in [-0.39, 0.29) is 0 Å². The van der Waals surface area contributed by atoms with Crippen molar-refractivity contribution in [3.63, 3.8) is 0 Å². The Morgan fingerprint density at radius 2 is 1.77 bits per heavy atom. The smallest absolute Gasteiger partial charge is 0.149 e. The van der Waals surface area contributed by atoms with Crippen LogP contribution in [0.1, 0.15) is 46.4 Å². The third kappa shape index (κ3) is 3.44. The first-order chi connectivity index (χ1) is 14.4. The van der Waals surface area contributed by atoms with Crippen LogP contribution in [-0.2, 0) is 6.42 Å². The van der Waals surface area contributed by atoms with Crippen LogP contribution in [0.2, 0.25) is 0 Å². The highest BCUT2D eigenvalue weighted by atomic mass is 15.0. The summed E-state index contributed by atoms with van der Waals surface area (Å²) in [6.07, 6.45) is 2.96. The second kappa shape index (κ2) is 7.68. The van der Waals surface area contributed by atoms with Crippen molar-refractivity contribution in [1.29, 1.82) is 5.26 Å². The summed E-state index contributed by atoms with van der Waals surface area (Å²) >= 11 is 0. The fourth-order valence-corrected chi connectivity index (χ4v) is 3.92. The molecule has 0 spiro atoms. The predicted molar refractivity (Wildman–Crippen MR) is 124 cm³/mol. The van der Waals surface area contributed by atoms with Gasteiger partial charge in [0.1, 0.15) is 11.9 Å². The molecule has 0 aliphatic heterocycles. The Hall–Kier alpha value is -3.58. The zero-order valence-corrected chi connectivity index (χ0v) is 18.2. The summed E-state index contributed by atoms with van der Waals surface area (Å²) in [5.74, 6) is 0.606. The van der Waals surface area contributed by atoms with Crippen LogP contribution in [-0.4, -0.2) is 14.5 Å². The molecule has 0 saturated carbocycles. The zero-order chi connectivity index (χ0) is 21.4. The Bertz CT molecular complexity index is 1270. The Morgan fingerprint density at radius 3 is 2.43 bits per heavy atom. The quantitative estimate of drug-likeness (QED) is 0.418. The third-order valence-electron chi connectivity index (χ3n) is 5.85. The van der Waals surface area contributed by atoms with E-state index < -0.39 is 0 Å². The fraction of sp³-hybridized carbons (Fsp3) is 0.231. The summed E-state index contributed by atoms with van der Waals surface area (Å²) in [5, 5.41) is 9.83. The van der Waals surface area contributed by atoms with Gasteiger partial charge in [-0.1, -0.05) is 19.1 Å². The van der Waals surface area contributed by atoms with Gasteiger partial charge in [0.25, 0.3) is 0 Å². The lowest BCUT2D eigenvalue weighted by molar-refractivity contribution is 0.961. The van der Waals surface area contributed by atoms with Crippen LogP contribution < -0.4 is 0 Å². The molecule has 0 bridgehead atoms. The SMILES string of the molecule is CCc1ccc(-n2c(C)cc(/C=C(/C#N)c3nc4cc(C)c(C)cc4[nH]3)c2C)cc1. The van der Waals surface area contributed by atoms with Crippen molar-refractivity contribution in [2.24, 2.45) is 0 Å². The minimum absolute atomic E-state index is 0.531. The molecule has 2 aromatic heterocycles. The summed E-state index contributed by atoms with van der Waals surface area (Å²) in [6.45, 7) is 10.5. The molecule has 0 fully saturated rings. The molecule has 150 valence electrons. The largest absolute Gasteiger partial charge is 0.337 e. The van der Waals surface area contributed by atoms with Crippen molar-refractivity contribution in [2.45, 2.75) is 41.0 Å². The predicted octanol–water partition coefficient (Wildman–Crippen LogP) is 6.21. The van der Waals surface area contributed by atoms with E-state index in [1.165, 1.54) is 16.7 Å². The van der Waals surface area contributed by atoms with Crippen LogP contribution in [0.15, 0.2) is 42.5 Å². The highest BCUT2D eigenvalue weighted by Crippen LogP contribution is 2.26. The molecular formula is C26H26N4. The van der Waals surface area contributed by atoms with Crippen molar-refractivity contribution in [1.82, 2.24) is 14.5 Å². The molecule has 2 aromatic carbocycles. The Kier molecular flexibility index (Phi) is 5.05. The minimum atomic E-state index is 0.531. The number of aryl methyl sites for hydroxylation is 4. The Morgan fingerprint density at radius 1 is 1.07 bits per heavy atom. The summed E-state index contributed by atoms with van der Waals surface area (Å²) in [6, 6.07) is 17.2. The minimum Gasteiger partial charge on any atom is -0.337 e. The van der Waals surface area contributed by atoms with E-state index in [1.54, 1.807) is 0 Å². The molecule has 4 rings (SSSR count). The number of hydrogen-bond donors (Lipinski definition) is 1. The monoisotopic (exact) mass is 394 g/mol. The lowest BCUT2D eigenvalue weighted by Gasteiger charge is -2.10. The van der Waals surface area contributed by atoms with Crippen molar-refractivity contribution >= 4 is 22.7 Å². The van der Waals surface area contributed by atoms with Crippen molar-refractivity contribution in [2.75, 3.05) is 0 Å². The molecule has 0 atom stereocenters. The van der Waals surface area contributed by atoms with Gasteiger partial charge in [0.05, 0.1) is 16.6 Å². The Balaban J connectivity index is 1.77. The highest BCUT2D eigenvalue weighted by molar-refractivity contribution is 5.91. The summed E-state index contributed by atoms with van der Waals surface area (Å²) in [7, 11) is 0. The van der Waals surface area contributed by atoms with E-state index in [2.05, 4.69) is 97.7 Å². The molecule has 0 amide bonds. The molecular weight excluding hydrogens is 368 g/mol. The topological polar surface area (TPSA) is 57.4 Å². The van der Waals surface area contributed by atoms with Crippen molar-refractivity contribution in [3.05, 3.63) is 81.9 Å². The summed E-state index contributed by atoms with van der Waals surface area (Å²) < 4.78 is 2.23. The molecule has 1 N–H and O–H groups in total. The van der Waals surface area contributed by atoms with E-state index in [1.807, 2.05) is 6.08 Å². The molecule has 4 nitrogen and oxygen atoms in total. The molecule has 0 saturated heterocycles. The molecule has 0 aliphatic rings. The second-order valence-corrected chi connectivity index (χ2v) is 7.89. The number of nitriles is 1. The second-order valence-electron chi connectivity index (χ2n) is 7.89. The highest BCUT2D eigenvalue weighted by Gasteiger charge is 2.13. The van der Waals surface area contributed by atoms with Gasteiger partial charge in [-0.3, -0.25) is 0 Å². The fourth-order valence-electron chi connectivity index (χ4n) is 3.92. The van der Waals surface area contributed by atoms with Crippen LogP contribution in [0.3, 0.4) is 0 Å².